The molecule has 0 unspecified atom stereocenters. The van der Waals surface area contributed by atoms with Crippen molar-refractivity contribution in [2.45, 2.75) is 34.1 Å². The van der Waals surface area contributed by atoms with Crippen molar-refractivity contribution < 1.29 is 9.53 Å². The first-order valence-electron chi connectivity index (χ1n) is 10.2. The number of benzene rings is 2. The number of hydrogen-bond donors (Lipinski definition) is 1. The van der Waals surface area contributed by atoms with E-state index in [1.54, 1.807) is 11.6 Å². The smallest absolute Gasteiger partial charge is 0.278 e. The number of ether oxygens (including phenoxy) is 1. The predicted octanol–water partition coefficient (Wildman–Crippen LogP) is 4.54. The summed E-state index contributed by atoms with van der Waals surface area (Å²) in [4.78, 5) is 12.9. The van der Waals surface area contributed by atoms with Crippen LogP contribution in [0.25, 0.3) is 16.8 Å². The molecule has 2 aromatic heterocycles. The lowest BCUT2D eigenvalue weighted by Crippen LogP contribution is -2.18. The fourth-order valence-corrected chi connectivity index (χ4v) is 3.57. The summed E-state index contributed by atoms with van der Waals surface area (Å²) in [6, 6.07) is 13.6. The molecule has 0 atom stereocenters. The second-order valence-corrected chi connectivity index (χ2v) is 7.53. The number of hydrogen-bond acceptors (Lipinski definition) is 5. The normalized spacial score (nSPS) is 11.0. The maximum Gasteiger partial charge on any atom is 0.278 e. The summed E-state index contributed by atoms with van der Waals surface area (Å²) in [5.74, 6) is 0.473. The van der Waals surface area contributed by atoms with Crippen molar-refractivity contribution in [2.24, 2.45) is 0 Å². The van der Waals surface area contributed by atoms with Crippen molar-refractivity contribution in [2.75, 3.05) is 12.4 Å². The van der Waals surface area contributed by atoms with Crippen molar-refractivity contribution in [1.29, 1.82) is 0 Å². The predicted molar refractivity (Wildman–Crippen MR) is 121 cm³/mol. The summed E-state index contributed by atoms with van der Waals surface area (Å²) in [6.45, 7) is 7.93. The Bertz CT molecular complexity index is 1280. The van der Waals surface area contributed by atoms with E-state index in [1.807, 2.05) is 70.2 Å². The largest absolute Gasteiger partial charge is 0.497 e. The number of nitrogens with one attached hydrogen (secondary N) is 1. The van der Waals surface area contributed by atoms with Gasteiger partial charge in [-0.15, -0.1) is 10.2 Å². The van der Waals surface area contributed by atoms with E-state index in [-0.39, 0.29) is 11.6 Å². The highest BCUT2D eigenvalue weighted by Crippen LogP contribution is 2.30. The standard InChI is InChI=1S/C24H25N5O2/c1-6-20-21(17-8-11-19(31-5)12-9-17)23-27-26-22(16(4)29(23)28-20)24(30)25-18-10-7-14(2)15(3)13-18/h7-13H,6H2,1-5H3,(H,25,30). The molecule has 0 saturated heterocycles. The molecule has 2 heterocycles. The van der Waals surface area contributed by atoms with Crippen LogP contribution in [0.1, 0.15) is 39.9 Å². The van der Waals surface area contributed by atoms with Crippen LogP contribution in [0.5, 0.6) is 5.75 Å². The number of aryl methyl sites for hydroxylation is 4. The second-order valence-electron chi connectivity index (χ2n) is 7.53. The Morgan fingerprint density at radius 2 is 1.77 bits per heavy atom. The first kappa shape index (κ1) is 20.5. The average molecular weight is 415 g/mol. The minimum atomic E-state index is -0.310. The molecule has 0 radical (unpaired) electrons. The SMILES string of the molecule is CCc1nn2c(C)c(C(=O)Nc3ccc(C)c(C)c3)nnc2c1-c1ccc(OC)cc1. The first-order valence-corrected chi connectivity index (χ1v) is 10.2. The molecule has 0 fully saturated rings. The Hall–Kier alpha value is -3.74. The number of anilines is 1. The highest BCUT2D eigenvalue weighted by atomic mass is 16.5. The number of carbonyl (C=O) groups excluding carboxylic acids is 1. The number of aromatic nitrogens is 4. The van der Waals surface area contributed by atoms with Crippen molar-refractivity contribution in [3.8, 4) is 16.9 Å². The van der Waals surface area contributed by atoms with Gasteiger partial charge in [-0.1, -0.05) is 25.1 Å². The Morgan fingerprint density at radius 1 is 1.03 bits per heavy atom. The lowest BCUT2D eigenvalue weighted by atomic mass is 10.0. The zero-order valence-corrected chi connectivity index (χ0v) is 18.4. The first-order chi connectivity index (χ1) is 14.9. The van der Waals surface area contributed by atoms with E-state index < -0.39 is 0 Å². The van der Waals surface area contributed by atoms with Crippen LogP contribution < -0.4 is 10.1 Å². The van der Waals surface area contributed by atoms with E-state index in [0.717, 1.165) is 40.2 Å². The fraction of sp³-hybridized carbons (Fsp3) is 0.250. The molecule has 0 saturated carbocycles. The van der Waals surface area contributed by atoms with E-state index in [1.165, 1.54) is 5.56 Å². The number of rotatable bonds is 5. The van der Waals surface area contributed by atoms with Gasteiger partial charge in [-0.2, -0.15) is 5.10 Å². The second kappa shape index (κ2) is 8.18. The molecule has 2 aromatic carbocycles. The molecule has 158 valence electrons. The maximum absolute atomic E-state index is 12.9. The van der Waals surface area contributed by atoms with E-state index in [9.17, 15) is 4.79 Å². The molecule has 1 N–H and O–H groups in total. The van der Waals surface area contributed by atoms with Gasteiger partial charge < -0.3 is 10.1 Å². The van der Waals surface area contributed by atoms with E-state index in [2.05, 4.69) is 15.5 Å². The highest BCUT2D eigenvalue weighted by molar-refractivity contribution is 6.03. The highest BCUT2D eigenvalue weighted by Gasteiger charge is 2.21. The molecule has 0 aliphatic rings. The summed E-state index contributed by atoms with van der Waals surface area (Å²) in [7, 11) is 1.64. The van der Waals surface area contributed by atoms with Gasteiger partial charge in [0.25, 0.3) is 5.91 Å². The topological polar surface area (TPSA) is 81.4 Å². The van der Waals surface area contributed by atoms with E-state index in [0.29, 0.717) is 11.3 Å². The Balaban J connectivity index is 1.75. The Kier molecular flexibility index (Phi) is 5.42. The molecule has 7 heteroatoms. The molecule has 0 bridgehead atoms. The molecule has 7 nitrogen and oxygen atoms in total. The van der Waals surface area contributed by atoms with Gasteiger partial charge in [0.1, 0.15) is 5.75 Å². The van der Waals surface area contributed by atoms with Crippen LogP contribution >= 0.6 is 0 Å². The van der Waals surface area contributed by atoms with Gasteiger partial charge in [-0.3, -0.25) is 4.79 Å². The molecule has 4 aromatic rings. The number of fused-ring (bicyclic) bond motifs is 1. The molecule has 0 spiro atoms. The molecule has 0 aliphatic carbocycles. The van der Waals surface area contributed by atoms with Crippen LogP contribution in [0.3, 0.4) is 0 Å². The average Bonchev–Trinajstić information content (AvgIpc) is 3.16. The van der Waals surface area contributed by atoms with Gasteiger partial charge in [0.05, 0.1) is 24.1 Å². The lowest BCUT2D eigenvalue weighted by molar-refractivity contribution is 0.102. The summed E-state index contributed by atoms with van der Waals surface area (Å²) < 4.78 is 6.97. The lowest BCUT2D eigenvalue weighted by Gasteiger charge is -2.09. The van der Waals surface area contributed by atoms with Gasteiger partial charge in [0.15, 0.2) is 11.3 Å². The van der Waals surface area contributed by atoms with Gasteiger partial charge in [-0.05, 0) is 68.1 Å². The zero-order valence-electron chi connectivity index (χ0n) is 18.4. The van der Waals surface area contributed by atoms with Gasteiger partial charge in [0.2, 0.25) is 0 Å². The van der Waals surface area contributed by atoms with Crippen LogP contribution in [-0.4, -0.2) is 32.8 Å². The summed E-state index contributed by atoms with van der Waals surface area (Å²) in [5, 5.41) is 16.3. The quantitative estimate of drug-likeness (QED) is 0.518. The van der Waals surface area contributed by atoms with Gasteiger partial charge >= 0.3 is 0 Å². The van der Waals surface area contributed by atoms with Crippen molar-refractivity contribution in [3.63, 3.8) is 0 Å². The summed E-state index contributed by atoms with van der Waals surface area (Å²) in [5.41, 5.74) is 7.32. The minimum Gasteiger partial charge on any atom is -0.497 e. The van der Waals surface area contributed by atoms with Crippen molar-refractivity contribution in [3.05, 3.63) is 70.7 Å². The number of amides is 1. The van der Waals surface area contributed by atoms with Gasteiger partial charge in [0, 0.05) is 5.69 Å². The molecule has 0 aliphatic heterocycles. The van der Waals surface area contributed by atoms with Crippen molar-refractivity contribution in [1.82, 2.24) is 19.8 Å². The number of carbonyl (C=O) groups is 1. The maximum atomic E-state index is 12.9. The molecule has 1 amide bonds. The third-order valence-electron chi connectivity index (χ3n) is 5.53. The summed E-state index contributed by atoms with van der Waals surface area (Å²) >= 11 is 0. The fourth-order valence-electron chi connectivity index (χ4n) is 3.57. The third-order valence-corrected chi connectivity index (χ3v) is 5.53. The van der Waals surface area contributed by atoms with E-state index >= 15 is 0 Å². The van der Waals surface area contributed by atoms with Crippen LogP contribution in [0.2, 0.25) is 0 Å². The van der Waals surface area contributed by atoms with Crippen LogP contribution in [0.4, 0.5) is 5.69 Å². The monoisotopic (exact) mass is 415 g/mol. The van der Waals surface area contributed by atoms with Crippen LogP contribution in [0, 0.1) is 20.8 Å². The third kappa shape index (κ3) is 3.74. The van der Waals surface area contributed by atoms with E-state index in [4.69, 9.17) is 9.84 Å². The zero-order chi connectivity index (χ0) is 22.1. The van der Waals surface area contributed by atoms with Crippen LogP contribution in [-0.2, 0) is 6.42 Å². The number of methoxy groups -OCH3 is 1. The molecular weight excluding hydrogens is 390 g/mol. The van der Waals surface area contributed by atoms with Crippen LogP contribution in [0.15, 0.2) is 42.5 Å². The molecule has 31 heavy (non-hydrogen) atoms. The molecular formula is C24H25N5O2. The summed E-state index contributed by atoms with van der Waals surface area (Å²) in [6.07, 6.45) is 0.730. The minimum absolute atomic E-state index is 0.247. The Labute approximate surface area is 181 Å². The van der Waals surface area contributed by atoms with Crippen molar-refractivity contribution >= 4 is 17.2 Å². The number of nitrogens with zero attached hydrogens (tertiary/aromatic N) is 4. The van der Waals surface area contributed by atoms with Gasteiger partial charge in [-0.25, -0.2) is 4.52 Å². The Morgan fingerprint density at radius 3 is 2.42 bits per heavy atom. The molecule has 4 rings (SSSR count).